The maximum absolute atomic E-state index is 12.7. The van der Waals surface area contributed by atoms with E-state index in [0.717, 1.165) is 42.0 Å². The first-order valence-electron chi connectivity index (χ1n) is 9.57. The van der Waals surface area contributed by atoms with E-state index in [1.165, 1.54) is 0 Å². The van der Waals surface area contributed by atoms with E-state index in [2.05, 4.69) is 43.3 Å². The predicted octanol–water partition coefficient (Wildman–Crippen LogP) is 3.42. The van der Waals surface area contributed by atoms with Gasteiger partial charge in [-0.2, -0.15) is 0 Å². The summed E-state index contributed by atoms with van der Waals surface area (Å²) < 4.78 is 12.0. The van der Waals surface area contributed by atoms with Gasteiger partial charge in [0.05, 0.1) is 12.3 Å². The van der Waals surface area contributed by atoms with E-state index in [4.69, 9.17) is 8.94 Å². The monoisotopic (exact) mass is 458 g/mol. The zero-order chi connectivity index (χ0) is 20.2. The molecule has 1 aliphatic heterocycles. The summed E-state index contributed by atoms with van der Waals surface area (Å²) in [5.74, 6) is 1.15. The van der Waals surface area contributed by atoms with Crippen molar-refractivity contribution in [3.05, 3.63) is 64.7 Å². The highest BCUT2D eigenvalue weighted by atomic mass is 79.9. The normalized spacial score (nSPS) is 16.6. The number of benzene rings is 1. The van der Waals surface area contributed by atoms with Gasteiger partial charge in [0.15, 0.2) is 11.5 Å². The molecule has 0 bridgehead atoms. The number of piperazine rings is 1. The molecule has 29 heavy (non-hydrogen) atoms. The Balaban J connectivity index is 1.42. The van der Waals surface area contributed by atoms with Gasteiger partial charge in [-0.25, -0.2) is 0 Å². The van der Waals surface area contributed by atoms with Crippen molar-refractivity contribution in [2.24, 2.45) is 0 Å². The van der Waals surface area contributed by atoms with Crippen molar-refractivity contribution in [3.63, 3.8) is 0 Å². The van der Waals surface area contributed by atoms with E-state index in [-0.39, 0.29) is 17.6 Å². The summed E-state index contributed by atoms with van der Waals surface area (Å²) in [6, 6.07) is 13.1. The summed E-state index contributed by atoms with van der Waals surface area (Å²) in [7, 11) is 2.12. The van der Waals surface area contributed by atoms with E-state index < -0.39 is 0 Å². The Morgan fingerprint density at radius 3 is 2.66 bits per heavy atom. The molecule has 7 nitrogen and oxygen atoms in total. The topological polar surface area (TPSA) is 74.8 Å². The van der Waals surface area contributed by atoms with Crippen LogP contribution in [-0.2, 0) is 0 Å². The fourth-order valence-corrected chi connectivity index (χ4v) is 3.70. The van der Waals surface area contributed by atoms with E-state index in [0.29, 0.717) is 12.3 Å². The smallest absolute Gasteiger partial charge is 0.273 e. The fourth-order valence-electron chi connectivity index (χ4n) is 3.44. The van der Waals surface area contributed by atoms with Gasteiger partial charge in [-0.1, -0.05) is 33.2 Å². The number of hydrogen-bond donors (Lipinski definition) is 1. The minimum absolute atomic E-state index is 0.0134. The molecule has 2 aromatic heterocycles. The quantitative estimate of drug-likeness (QED) is 0.609. The second-order valence-electron chi connectivity index (χ2n) is 7.16. The van der Waals surface area contributed by atoms with Gasteiger partial charge in [-0.3, -0.25) is 9.69 Å². The van der Waals surface area contributed by atoms with Crippen molar-refractivity contribution in [2.75, 3.05) is 39.8 Å². The summed E-state index contributed by atoms with van der Waals surface area (Å²) in [4.78, 5) is 17.3. The molecule has 1 N–H and O–H groups in total. The lowest BCUT2D eigenvalue weighted by Gasteiger charge is -2.37. The zero-order valence-corrected chi connectivity index (χ0v) is 17.8. The highest BCUT2D eigenvalue weighted by Crippen LogP contribution is 2.24. The largest absolute Gasteiger partial charge is 0.468 e. The number of carbonyl (C=O) groups excluding carboxylic acids is 1. The maximum Gasteiger partial charge on any atom is 0.273 e. The van der Waals surface area contributed by atoms with Gasteiger partial charge >= 0.3 is 0 Å². The van der Waals surface area contributed by atoms with Crippen LogP contribution in [0.25, 0.3) is 11.3 Å². The summed E-state index contributed by atoms with van der Waals surface area (Å²) in [5.41, 5.74) is 1.13. The lowest BCUT2D eigenvalue weighted by molar-refractivity contribution is 0.0845. The highest BCUT2D eigenvalue weighted by Gasteiger charge is 2.27. The molecular weight excluding hydrogens is 436 g/mol. The van der Waals surface area contributed by atoms with E-state index in [1.807, 2.05) is 36.4 Å². The SMILES string of the molecule is CN1CCN(C(CNC(=O)c2cc(-c3ccc(Br)cc3)on2)c2ccco2)CC1. The molecule has 4 rings (SSSR count). The van der Waals surface area contributed by atoms with Gasteiger partial charge in [0.25, 0.3) is 5.91 Å². The van der Waals surface area contributed by atoms with Crippen molar-refractivity contribution >= 4 is 21.8 Å². The molecule has 1 saturated heterocycles. The van der Waals surface area contributed by atoms with E-state index >= 15 is 0 Å². The number of halogens is 1. The molecule has 1 atom stereocenters. The van der Waals surface area contributed by atoms with Crippen LogP contribution in [0.3, 0.4) is 0 Å². The molecule has 1 amide bonds. The number of carbonyl (C=O) groups is 1. The standard InChI is InChI=1S/C21H23BrN4O3/c1-25-8-10-26(11-9-25)18(19-3-2-12-28-19)14-23-21(27)17-13-20(29-24-17)15-4-6-16(22)7-5-15/h2-7,12-13,18H,8-11,14H2,1H3,(H,23,27). The van der Waals surface area contributed by atoms with Crippen LogP contribution < -0.4 is 5.32 Å². The minimum Gasteiger partial charge on any atom is -0.468 e. The number of aromatic nitrogens is 1. The lowest BCUT2D eigenvalue weighted by Crippen LogP contribution is -2.48. The van der Waals surface area contributed by atoms with Crippen LogP contribution in [0.2, 0.25) is 0 Å². The molecule has 8 heteroatoms. The van der Waals surface area contributed by atoms with Crippen LogP contribution in [-0.4, -0.2) is 60.6 Å². The van der Waals surface area contributed by atoms with Crippen molar-refractivity contribution in [1.29, 1.82) is 0 Å². The number of rotatable bonds is 6. The zero-order valence-electron chi connectivity index (χ0n) is 16.2. The summed E-state index contributed by atoms with van der Waals surface area (Å²) in [5, 5.41) is 6.92. The first-order valence-corrected chi connectivity index (χ1v) is 10.4. The Hall–Kier alpha value is -2.42. The van der Waals surface area contributed by atoms with Crippen LogP contribution in [0.4, 0.5) is 0 Å². The van der Waals surface area contributed by atoms with Gasteiger partial charge in [0.2, 0.25) is 0 Å². The van der Waals surface area contributed by atoms with E-state index in [9.17, 15) is 4.79 Å². The molecule has 1 aliphatic rings. The van der Waals surface area contributed by atoms with Crippen molar-refractivity contribution in [1.82, 2.24) is 20.3 Å². The summed E-state index contributed by atoms with van der Waals surface area (Å²) in [6.45, 7) is 4.28. The Kier molecular flexibility index (Phi) is 6.13. The summed E-state index contributed by atoms with van der Waals surface area (Å²) >= 11 is 3.41. The van der Waals surface area contributed by atoms with Crippen molar-refractivity contribution in [3.8, 4) is 11.3 Å². The third-order valence-electron chi connectivity index (χ3n) is 5.18. The maximum atomic E-state index is 12.7. The molecule has 1 fully saturated rings. The number of nitrogens with one attached hydrogen (secondary N) is 1. The minimum atomic E-state index is -0.261. The average molecular weight is 459 g/mol. The molecule has 0 saturated carbocycles. The van der Waals surface area contributed by atoms with Crippen LogP contribution in [0.1, 0.15) is 22.3 Å². The van der Waals surface area contributed by atoms with Gasteiger partial charge in [-0.15, -0.1) is 0 Å². The Morgan fingerprint density at radius 2 is 1.97 bits per heavy atom. The molecule has 152 valence electrons. The highest BCUT2D eigenvalue weighted by molar-refractivity contribution is 9.10. The van der Waals surface area contributed by atoms with Gasteiger partial charge in [-0.05, 0) is 31.3 Å². The number of likely N-dealkylation sites (N-methyl/N-ethyl adjacent to an activating group) is 1. The van der Waals surface area contributed by atoms with Crippen molar-refractivity contribution in [2.45, 2.75) is 6.04 Å². The number of amides is 1. The Morgan fingerprint density at radius 1 is 1.21 bits per heavy atom. The molecule has 1 aromatic carbocycles. The third kappa shape index (κ3) is 4.77. The number of furan rings is 1. The van der Waals surface area contributed by atoms with Gasteiger partial charge in [0, 0.05) is 48.8 Å². The van der Waals surface area contributed by atoms with Crippen LogP contribution in [0.5, 0.6) is 0 Å². The second kappa shape index (κ2) is 8.94. The molecule has 0 radical (unpaired) electrons. The first kappa shape index (κ1) is 19.9. The van der Waals surface area contributed by atoms with Crippen molar-refractivity contribution < 1.29 is 13.7 Å². The second-order valence-corrected chi connectivity index (χ2v) is 8.08. The average Bonchev–Trinajstić information content (AvgIpc) is 3.42. The fraction of sp³-hybridized carbons (Fsp3) is 0.333. The number of hydrogen-bond acceptors (Lipinski definition) is 6. The molecule has 1 unspecified atom stereocenters. The van der Waals surface area contributed by atoms with Gasteiger partial charge < -0.3 is 19.2 Å². The lowest BCUT2D eigenvalue weighted by atomic mass is 10.1. The van der Waals surface area contributed by atoms with Gasteiger partial charge in [0.1, 0.15) is 5.76 Å². The van der Waals surface area contributed by atoms with Crippen LogP contribution >= 0.6 is 15.9 Å². The third-order valence-corrected chi connectivity index (χ3v) is 5.71. The Labute approximate surface area is 177 Å². The summed E-state index contributed by atoms with van der Waals surface area (Å²) in [6.07, 6.45) is 1.67. The van der Waals surface area contributed by atoms with Crippen LogP contribution in [0.15, 0.2) is 62.1 Å². The molecule has 0 aliphatic carbocycles. The molecule has 3 heterocycles. The van der Waals surface area contributed by atoms with Crippen LogP contribution in [0, 0.1) is 0 Å². The Bertz CT molecular complexity index is 931. The molecular formula is C21H23BrN4O3. The number of nitrogens with zero attached hydrogens (tertiary/aromatic N) is 3. The molecule has 3 aromatic rings. The predicted molar refractivity (Wildman–Crippen MR) is 112 cm³/mol. The first-order chi connectivity index (χ1) is 14.1. The van der Waals surface area contributed by atoms with E-state index in [1.54, 1.807) is 12.3 Å². The molecule has 0 spiro atoms.